The highest BCUT2D eigenvalue weighted by Crippen LogP contribution is 2.58. The van der Waals surface area contributed by atoms with Gasteiger partial charge in [-0.1, -0.05) is 193 Å². The van der Waals surface area contributed by atoms with Gasteiger partial charge in [0.25, 0.3) is 0 Å². The quantitative estimate of drug-likeness (QED) is 0.168. The largest absolute Gasteiger partial charge is 0.310 e. The maximum absolute atomic E-state index is 2.49. The first-order valence-electron chi connectivity index (χ1n) is 22.2. The Hall–Kier alpha value is -6.96. The van der Waals surface area contributed by atoms with Crippen molar-refractivity contribution in [3.05, 3.63) is 221 Å². The summed E-state index contributed by atoms with van der Waals surface area (Å²) in [5.41, 5.74) is 24.5. The molecule has 0 radical (unpaired) electrons. The van der Waals surface area contributed by atoms with Crippen LogP contribution in [0, 0.1) is 0 Å². The van der Waals surface area contributed by atoms with E-state index in [1.165, 1.54) is 99.8 Å². The van der Waals surface area contributed by atoms with Gasteiger partial charge in [-0.15, -0.1) is 0 Å². The maximum Gasteiger partial charge on any atom is 0.0465 e. The van der Waals surface area contributed by atoms with Crippen molar-refractivity contribution in [1.82, 2.24) is 0 Å². The Bertz CT molecular complexity index is 3200. The lowest BCUT2D eigenvalue weighted by atomic mass is 9.77. The van der Waals surface area contributed by atoms with Crippen LogP contribution in [-0.2, 0) is 16.2 Å². The minimum absolute atomic E-state index is 0.116. The maximum atomic E-state index is 2.49. The van der Waals surface area contributed by atoms with Gasteiger partial charge in [0.2, 0.25) is 0 Å². The second-order valence-electron chi connectivity index (χ2n) is 19.3. The Morgan fingerprint density at radius 3 is 1.27 bits per heavy atom. The van der Waals surface area contributed by atoms with E-state index in [1.54, 1.807) is 0 Å². The van der Waals surface area contributed by atoms with Crippen molar-refractivity contribution in [1.29, 1.82) is 0 Å². The Labute approximate surface area is 366 Å². The molecule has 0 spiro atoms. The molecule has 1 heteroatoms. The molecule has 0 N–H and O–H groups in total. The van der Waals surface area contributed by atoms with E-state index in [0.717, 1.165) is 17.1 Å². The van der Waals surface area contributed by atoms with Crippen molar-refractivity contribution in [2.45, 2.75) is 57.8 Å². The minimum atomic E-state index is -0.143. The topological polar surface area (TPSA) is 3.24 Å². The third-order valence-corrected chi connectivity index (χ3v) is 14.8. The van der Waals surface area contributed by atoms with Crippen molar-refractivity contribution in [3.63, 3.8) is 0 Å². The molecule has 62 heavy (non-hydrogen) atoms. The van der Waals surface area contributed by atoms with E-state index >= 15 is 0 Å². The fraction of sp³-hybridized carbons (Fsp3) is 0.148. The number of rotatable bonds is 5. The molecule has 0 bridgehead atoms. The highest BCUT2D eigenvalue weighted by Gasteiger charge is 2.41. The van der Waals surface area contributed by atoms with Gasteiger partial charge in [0.15, 0.2) is 0 Å². The highest BCUT2D eigenvalue weighted by molar-refractivity contribution is 6.14. The molecule has 0 heterocycles. The van der Waals surface area contributed by atoms with Gasteiger partial charge in [0.05, 0.1) is 0 Å². The molecule has 9 aromatic rings. The van der Waals surface area contributed by atoms with Crippen molar-refractivity contribution in [3.8, 4) is 55.6 Å². The van der Waals surface area contributed by atoms with Crippen LogP contribution in [0.15, 0.2) is 188 Å². The fourth-order valence-corrected chi connectivity index (χ4v) is 11.8. The molecule has 0 aromatic heterocycles. The summed E-state index contributed by atoms with van der Waals surface area (Å²) in [4.78, 5) is 2.49. The van der Waals surface area contributed by atoms with Crippen LogP contribution in [0.4, 0.5) is 17.1 Å². The third kappa shape index (κ3) is 5.03. The molecule has 0 fully saturated rings. The monoisotopic (exact) mass is 795 g/mol. The van der Waals surface area contributed by atoms with Crippen molar-refractivity contribution in [2.24, 2.45) is 0 Å². The van der Waals surface area contributed by atoms with E-state index in [4.69, 9.17) is 0 Å². The lowest BCUT2D eigenvalue weighted by Crippen LogP contribution is -2.18. The summed E-state index contributed by atoms with van der Waals surface area (Å²) in [6, 6.07) is 70.8. The molecule has 0 saturated heterocycles. The van der Waals surface area contributed by atoms with Crippen LogP contribution >= 0.6 is 0 Å². The highest BCUT2D eigenvalue weighted by atomic mass is 15.1. The predicted molar refractivity (Wildman–Crippen MR) is 262 cm³/mol. The lowest BCUT2D eigenvalue weighted by molar-refractivity contribution is 0.660. The first-order valence-corrected chi connectivity index (χ1v) is 22.2. The van der Waals surface area contributed by atoms with Gasteiger partial charge >= 0.3 is 0 Å². The van der Waals surface area contributed by atoms with E-state index in [-0.39, 0.29) is 16.2 Å². The molecule has 0 amide bonds. The molecule has 0 atom stereocenters. The Balaban J connectivity index is 1.08. The Kier molecular flexibility index (Phi) is 7.74. The second-order valence-corrected chi connectivity index (χ2v) is 19.3. The average molecular weight is 796 g/mol. The molecule has 0 unspecified atom stereocenters. The molecule has 0 saturated carbocycles. The third-order valence-electron chi connectivity index (χ3n) is 14.8. The predicted octanol–water partition coefficient (Wildman–Crippen LogP) is 16.6. The molecular weight excluding hydrogens is 747 g/mol. The zero-order chi connectivity index (χ0) is 42.1. The zero-order valence-corrected chi connectivity index (χ0v) is 36.3. The van der Waals surface area contributed by atoms with Gasteiger partial charge in [0, 0.05) is 33.3 Å². The van der Waals surface area contributed by atoms with Crippen molar-refractivity contribution in [2.75, 3.05) is 4.90 Å². The SMILES string of the molecule is CC1(C)c2ccccc2-c2ccc(N(c3ccc(-c4c(-c5ccccc5)c5c(c6ccccc46)C(C)(C)c4ccccc4-5)cc3)c3ccc4c(c3)C(C)(C)c3ccccc3-4)cc21. The molecule has 9 aromatic carbocycles. The van der Waals surface area contributed by atoms with E-state index in [1.807, 2.05) is 0 Å². The van der Waals surface area contributed by atoms with E-state index in [0.29, 0.717) is 0 Å². The first kappa shape index (κ1) is 36.9. The van der Waals surface area contributed by atoms with Gasteiger partial charge in [-0.2, -0.15) is 0 Å². The number of nitrogens with zero attached hydrogens (tertiary/aromatic N) is 1. The number of fused-ring (bicyclic) bond motifs is 11. The standard InChI is InChI=1S/C61H49N/c1-59(2)50-25-15-12-20-43(50)45-34-32-41(36-53(45)59)62(42-33-35-46-44-21-13-16-26-51(44)60(3,4)54(46)37-42)40-30-28-39(29-31-40)55-47-22-10-11-23-48(47)58-57(56(55)38-18-8-7-9-19-38)49-24-14-17-27-52(49)61(58,5)6/h7-37H,1-6H3. The van der Waals surface area contributed by atoms with Crippen LogP contribution in [0.5, 0.6) is 0 Å². The summed E-state index contributed by atoms with van der Waals surface area (Å²) in [6.45, 7) is 14.3. The Morgan fingerprint density at radius 2 is 0.710 bits per heavy atom. The molecule has 298 valence electrons. The number of anilines is 3. The van der Waals surface area contributed by atoms with Crippen LogP contribution in [0.25, 0.3) is 66.4 Å². The molecule has 3 aliphatic carbocycles. The fourth-order valence-electron chi connectivity index (χ4n) is 11.8. The molecule has 12 rings (SSSR count). The number of hydrogen-bond donors (Lipinski definition) is 0. The van der Waals surface area contributed by atoms with Crippen LogP contribution in [0.3, 0.4) is 0 Å². The van der Waals surface area contributed by atoms with Crippen LogP contribution in [0.1, 0.15) is 74.9 Å². The summed E-state index contributed by atoms with van der Waals surface area (Å²) >= 11 is 0. The summed E-state index contributed by atoms with van der Waals surface area (Å²) in [6.07, 6.45) is 0. The molecule has 0 aliphatic heterocycles. The molecular formula is C61H49N. The zero-order valence-electron chi connectivity index (χ0n) is 36.3. The summed E-state index contributed by atoms with van der Waals surface area (Å²) in [5, 5.41) is 2.61. The number of benzene rings is 9. The van der Waals surface area contributed by atoms with E-state index < -0.39 is 0 Å². The summed E-state index contributed by atoms with van der Waals surface area (Å²) in [7, 11) is 0. The van der Waals surface area contributed by atoms with E-state index in [9.17, 15) is 0 Å². The second kappa shape index (κ2) is 13.0. The Morgan fingerprint density at radius 1 is 0.290 bits per heavy atom. The number of hydrogen-bond acceptors (Lipinski definition) is 1. The smallest absolute Gasteiger partial charge is 0.0465 e. The van der Waals surface area contributed by atoms with E-state index in [2.05, 4.69) is 234 Å². The van der Waals surface area contributed by atoms with Crippen molar-refractivity contribution < 1.29 is 0 Å². The normalized spacial score (nSPS) is 15.3. The van der Waals surface area contributed by atoms with Crippen LogP contribution in [-0.4, -0.2) is 0 Å². The van der Waals surface area contributed by atoms with Gasteiger partial charge in [-0.25, -0.2) is 0 Å². The van der Waals surface area contributed by atoms with Gasteiger partial charge in [0.1, 0.15) is 0 Å². The van der Waals surface area contributed by atoms with Gasteiger partial charge in [-0.05, 0) is 136 Å². The molecule has 3 aliphatic rings. The summed E-state index contributed by atoms with van der Waals surface area (Å²) < 4.78 is 0. The minimum Gasteiger partial charge on any atom is -0.310 e. The van der Waals surface area contributed by atoms with Crippen molar-refractivity contribution >= 4 is 27.8 Å². The summed E-state index contributed by atoms with van der Waals surface area (Å²) in [5.74, 6) is 0. The lowest BCUT2D eigenvalue weighted by Gasteiger charge is -2.30. The van der Waals surface area contributed by atoms with Crippen LogP contribution < -0.4 is 4.90 Å². The molecule has 1 nitrogen and oxygen atoms in total. The van der Waals surface area contributed by atoms with Gasteiger partial charge in [-0.3, -0.25) is 0 Å². The average Bonchev–Trinajstić information content (AvgIpc) is 3.79. The van der Waals surface area contributed by atoms with Crippen LogP contribution in [0.2, 0.25) is 0 Å². The van der Waals surface area contributed by atoms with Gasteiger partial charge < -0.3 is 4.90 Å². The first-order chi connectivity index (χ1) is 30.0.